The monoisotopic (exact) mass is 218 g/mol. The molecule has 0 heterocycles. The fourth-order valence-corrected chi connectivity index (χ4v) is 4.17. The van der Waals surface area contributed by atoms with E-state index < -0.39 is 15.1 Å². The van der Waals surface area contributed by atoms with Gasteiger partial charge in [0.2, 0.25) is 0 Å². The second-order valence-electron chi connectivity index (χ2n) is 4.16. The standard InChI is InChI=1S/C10H18O3S/c1-3-6-14(12,13)10-7-9(11)5-4-8(10)2/h8,10H,3-7H2,1-2H3. The molecule has 0 aromatic carbocycles. The normalized spacial score (nSPS) is 29.1. The highest BCUT2D eigenvalue weighted by molar-refractivity contribution is 7.92. The van der Waals surface area contributed by atoms with Crippen LogP contribution < -0.4 is 0 Å². The summed E-state index contributed by atoms with van der Waals surface area (Å²) in [7, 11) is -3.04. The number of carbonyl (C=O) groups is 1. The number of sulfone groups is 1. The van der Waals surface area contributed by atoms with E-state index >= 15 is 0 Å². The van der Waals surface area contributed by atoms with Crippen molar-refractivity contribution in [1.82, 2.24) is 0 Å². The van der Waals surface area contributed by atoms with Crippen LogP contribution in [0.4, 0.5) is 0 Å². The minimum Gasteiger partial charge on any atom is -0.300 e. The third-order valence-electron chi connectivity index (χ3n) is 2.89. The summed E-state index contributed by atoms with van der Waals surface area (Å²) in [6, 6.07) is 0. The Kier molecular flexibility index (Phi) is 3.70. The van der Waals surface area contributed by atoms with Gasteiger partial charge in [0, 0.05) is 12.8 Å². The maximum absolute atomic E-state index is 11.8. The Morgan fingerprint density at radius 1 is 1.43 bits per heavy atom. The first-order valence-electron chi connectivity index (χ1n) is 5.20. The lowest BCUT2D eigenvalue weighted by Gasteiger charge is -2.27. The van der Waals surface area contributed by atoms with Crippen LogP contribution in [0, 0.1) is 5.92 Å². The average molecular weight is 218 g/mol. The summed E-state index contributed by atoms with van der Waals surface area (Å²) in [5, 5.41) is -0.413. The first-order valence-corrected chi connectivity index (χ1v) is 6.92. The highest BCUT2D eigenvalue weighted by atomic mass is 32.2. The Labute approximate surface area is 85.8 Å². The van der Waals surface area contributed by atoms with Crippen LogP contribution in [0.5, 0.6) is 0 Å². The molecule has 0 amide bonds. The van der Waals surface area contributed by atoms with Crippen LogP contribution in [0.3, 0.4) is 0 Å². The van der Waals surface area contributed by atoms with Gasteiger partial charge in [0.25, 0.3) is 0 Å². The predicted molar refractivity (Wildman–Crippen MR) is 55.9 cm³/mol. The van der Waals surface area contributed by atoms with Gasteiger partial charge in [-0.2, -0.15) is 0 Å². The Balaban J connectivity index is 2.79. The van der Waals surface area contributed by atoms with Crippen molar-refractivity contribution in [3.63, 3.8) is 0 Å². The van der Waals surface area contributed by atoms with E-state index in [1.165, 1.54) is 0 Å². The molecule has 1 rings (SSSR count). The predicted octanol–water partition coefficient (Wildman–Crippen LogP) is 1.57. The molecule has 3 nitrogen and oxygen atoms in total. The van der Waals surface area contributed by atoms with Gasteiger partial charge in [0.05, 0.1) is 11.0 Å². The molecule has 0 saturated heterocycles. The molecular formula is C10H18O3S. The molecule has 2 unspecified atom stereocenters. The van der Waals surface area contributed by atoms with Gasteiger partial charge in [0.1, 0.15) is 5.78 Å². The van der Waals surface area contributed by atoms with Crippen molar-refractivity contribution in [1.29, 1.82) is 0 Å². The van der Waals surface area contributed by atoms with E-state index in [0.29, 0.717) is 12.8 Å². The quantitative estimate of drug-likeness (QED) is 0.722. The fourth-order valence-electron chi connectivity index (χ4n) is 2.02. The van der Waals surface area contributed by atoms with Gasteiger partial charge in [-0.05, 0) is 18.8 Å². The van der Waals surface area contributed by atoms with Crippen molar-refractivity contribution in [3.05, 3.63) is 0 Å². The van der Waals surface area contributed by atoms with Gasteiger partial charge in [-0.15, -0.1) is 0 Å². The molecule has 0 aliphatic heterocycles. The van der Waals surface area contributed by atoms with E-state index in [9.17, 15) is 13.2 Å². The minimum absolute atomic E-state index is 0.104. The van der Waals surface area contributed by atoms with Gasteiger partial charge in [-0.3, -0.25) is 4.79 Å². The van der Waals surface area contributed by atoms with Gasteiger partial charge in [-0.25, -0.2) is 8.42 Å². The van der Waals surface area contributed by atoms with Crippen molar-refractivity contribution < 1.29 is 13.2 Å². The van der Waals surface area contributed by atoms with Crippen LogP contribution >= 0.6 is 0 Å². The molecule has 14 heavy (non-hydrogen) atoms. The molecule has 1 saturated carbocycles. The third kappa shape index (κ3) is 2.56. The summed E-state index contributed by atoms with van der Waals surface area (Å²) in [6.07, 6.45) is 2.16. The zero-order chi connectivity index (χ0) is 10.8. The maximum atomic E-state index is 11.8. The molecule has 0 spiro atoms. The molecule has 0 aromatic heterocycles. The van der Waals surface area contributed by atoms with E-state index in [1.54, 1.807) is 0 Å². The zero-order valence-corrected chi connectivity index (χ0v) is 9.64. The Morgan fingerprint density at radius 2 is 2.07 bits per heavy atom. The Bertz CT molecular complexity index is 305. The molecule has 2 atom stereocenters. The van der Waals surface area contributed by atoms with Crippen molar-refractivity contribution in [2.45, 2.75) is 44.8 Å². The van der Waals surface area contributed by atoms with E-state index in [0.717, 1.165) is 6.42 Å². The van der Waals surface area contributed by atoms with Crippen molar-refractivity contribution in [2.24, 2.45) is 5.92 Å². The highest BCUT2D eigenvalue weighted by Gasteiger charge is 2.35. The summed E-state index contributed by atoms with van der Waals surface area (Å²) in [5.41, 5.74) is 0. The Morgan fingerprint density at radius 3 is 2.64 bits per heavy atom. The number of rotatable bonds is 3. The number of ketones is 1. The second-order valence-corrected chi connectivity index (χ2v) is 6.50. The van der Waals surface area contributed by atoms with E-state index in [-0.39, 0.29) is 23.9 Å². The van der Waals surface area contributed by atoms with Gasteiger partial charge >= 0.3 is 0 Å². The number of carbonyl (C=O) groups excluding carboxylic acids is 1. The molecular weight excluding hydrogens is 200 g/mol. The lowest BCUT2D eigenvalue weighted by Crippen LogP contribution is -2.36. The van der Waals surface area contributed by atoms with Crippen LogP contribution in [0.15, 0.2) is 0 Å². The lowest BCUT2D eigenvalue weighted by atomic mass is 9.89. The van der Waals surface area contributed by atoms with Crippen LogP contribution in [0.2, 0.25) is 0 Å². The van der Waals surface area contributed by atoms with E-state index in [2.05, 4.69) is 0 Å². The van der Waals surface area contributed by atoms with E-state index in [1.807, 2.05) is 13.8 Å². The molecule has 0 bridgehead atoms. The van der Waals surface area contributed by atoms with Crippen LogP contribution in [0.25, 0.3) is 0 Å². The van der Waals surface area contributed by atoms with Gasteiger partial charge < -0.3 is 0 Å². The first kappa shape index (κ1) is 11.7. The van der Waals surface area contributed by atoms with Crippen LogP contribution in [-0.4, -0.2) is 25.2 Å². The summed E-state index contributed by atoms with van der Waals surface area (Å²) < 4.78 is 23.6. The summed E-state index contributed by atoms with van der Waals surface area (Å²) in [5.74, 6) is 0.465. The molecule has 1 fully saturated rings. The van der Waals surface area contributed by atoms with Crippen molar-refractivity contribution >= 4 is 15.6 Å². The van der Waals surface area contributed by atoms with Gasteiger partial charge in [-0.1, -0.05) is 13.8 Å². The zero-order valence-electron chi connectivity index (χ0n) is 8.82. The highest BCUT2D eigenvalue weighted by Crippen LogP contribution is 2.27. The SMILES string of the molecule is CCCS(=O)(=O)C1CC(=O)CCC1C. The van der Waals surface area contributed by atoms with Crippen LogP contribution in [0.1, 0.15) is 39.5 Å². The molecule has 4 heteroatoms. The summed E-state index contributed by atoms with van der Waals surface area (Å²) in [6.45, 7) is 3.79. The molecule has 0 N–H and O–H groups in total. The smallest absolute Gasteiger partial charge is 0.153 e. The minimum atomic E-state index is -3.04. The van der Waals surface area contributed by atoms with Gasteiger partial charge in [0.15, 0.2) is 9.84 Å². The molecule has 1 aliphatic carbocycles. The average Bonchev–Trinajstić information content (AvgIpc) is 2.09. The Hall–Kier alpha value is -0.380. The number of hydrogen-bond acceptors (Lipinski definition) is 3. The first-order chi connectivity index (χ1) is 6.47. The van der Waals surface area contributed by atoms with E-state index in [4.69, 9.17) is 0 Å². The molecule has 0 radical (unpaired) electrons. The topological polar surface area (TPSA) is 51.2 Å². The largest absolute Gasteiger partial charge is 0.300 e. The summed E-state index contributed by atoms with van der Waals surface area (Å²) in [4.78, 5) is 11.2. The molecule has 1 aliphatic rings. The number of Topliss-reactive ketones (excluding diaryl/α,β-unsaturated/α-hetero) is 1. The lowest BCUT2D eigenvalue weighted by molar-refractivity contribution is -0.120. The maximum Gasteiger partial charge on any atom is 0.153 e. The molecule has 82 valence electrons. The molecule has 0 aromatic rings. The summed E-state index contributed by atoms with van der Waals surface area (Å²) >= 11 is 0. The fraction of sp³-hybridized carbons (Fsp3) is 0.900. The second kappa shape index (κ2) is 4.43. The van der Waals surface area contributed by atoms with Crippen molar-refractivity contribution in [3.8, 4) is 0 Å². The number of hydrogen-bond donors (Lipinski definition) is 0. The van der Waals surface area contributed by atoms with Crippen LogP contribution in [-0.2, 0) is 14.6 Å². The van der Waals surface area contributed by atoms with Crippen molar-refractivity contribution in [2.75, 3.05) is 5.75 Å². The third-order valence-corrected chi connectivity index (χ3v) is 5.42.